The van der Waals surface area contributed by atoms with E-state index >= 15 is 0 Å². The minimum absolute atomic E-state index is 0.418. The van der Waals surface area contributed by atoms with Crippen molar-refractivity contribution in [3.05, 3.63) is 59.0 Å². The summed E-state index contributed by atoms with van der Waals surface area (Å²) in [5.74, 6) is -0.418. The first-order valence-electron chi connectivity index (χ1n) is 8.64. The van der Waals surface area contributed by atoms with Gasteiger partial charge in [-0.2, -0.15) is 0 Å². The van der Waals surface area contributed by atoms with E-state index in [1.165, 1.54) is 6.92 Å². The zero-order valence-corrected chi connectivity index (χ0v) is 15.5. The summed E-state index contributed by atoms with van der Waals surface area (Å²) in [7, 11) is 0. The Morgan fingerprint density at radius 1 is 1.19 bits per heavy atom. The summed E-state index contributed by atoms with van der Waals surface area (Å²) < 4.78 is 2.06. The molecule has 0 saturated carbocycles. The number of rotatable bonds is 5. The minimum Gasteiger partial charge on any atom is -0.384 e. The van der Waals surface area contributed by atoms with Crippen molar-refractivity contribution in [3.63, 3.8) is 0 Å². The molecule has 3 aromatic rings. The van der Waals surface area contributed by atoms with Crippen LogP contribution < -0.4 is 10.6 Å². The summed E-state index contributed by atoms with van der Waals surface area (Å²) in [4.78, 5) is 16.5. The minimum atomic E-state index is -1.05. The molecule has 6 heteroatoms. The third-order valence-electron chi connectivity index (χ3n) is 4.63. The molecule has 0 aliphatic rings. The van der Waals surface area contributed by atoms with Gasteiger partial charge in [0, 0.05) is 24.1 Å². The number of hydrogen-bond donors (Lipinski definition) is 3. The van der Waals surface area contributed by atoms with Gasteiger partial charge in [-0.25, -0.2) is 4.98 Å². The number of pyridine rings is 1. The largest absolute Gasteiger partial charge is 0.384 e. The zero-order valence-electron chi connectivity index (χ0n) is 15.5. The van der Waals surface area contributed by atoms with Gasteiger partial charge in [0.1, 0.15) is 6.10 Å². The maximum atomic E-state index is 11.9. The lowest BCUT2D eigenvalue weighted by molar-refractivity contribution is -0.123. The lowest BCUT2D eigenvalue weighted by Gasteiger charge is -2.16. The van der Waals surface area contributed by atoms with Crippen molar-refractivity contribution in [1.29, 1.82) is 0 Å². The molecule has 0 radical (unpaired) electrons. The first-order valence-corrected chi connectivity index (χ1v) is 8.64. The van der Waals surface area contributed by atoms with Gasteiger partial charge in [0.2, 0.25) is 0 Å². The van der Waals surface area contributed by atoms with Crippen LogP contribution in [0, 0.1) is 20.8 Å². The molecule has 2 heterocycles. The maximum Gasteiger partial charge on any atom is 0.252 e. The number of amides is 1. The molecule has 0 bridgehead atoms. The number of carbonyl (C=O) groups is 1. The van der Waals surface area contributed by atoms with Crippen LogP contribution in [0.25, 0.3) is 5.65 Å². The van der Waals surface area contributed by atoms with Gasteiger partial charge >= 0.3 is 0 Å². The summed E-state index contributed by atoms with van der Waals surface area (Å²) in [6, 6.07) is 9.71. The number of carbonyl (C=O) groups excluding carboxylic acids is 1. The highest BCUT2D eigenvalue weighted by Gasteiger charge is 2.14. The molecule has 3 rings (SSSR count). The van der Waals surface area contributed by atoms with E-state index in [-0.39, 0.29) is 0 Å². The van der Waals surface area contributed by atoms with E-state index in [0.717, 1.165) is 33.8 Å². The van der Waals surface area contributed by atoms with Crippen LogP contribution in [0.4, 0.5) is 11.4 Å². The van der Waals surface area contributed by atoms with Crippen LogP contribution in [0.15, 0.2) is 36.5 Å². The van der Waals surface area contributed by atoms with E-state index < -0.39 is 12.0 Å². The Morgan fingerprint density at radius 3 is 2.65 bits per heavy atom. The summed E-state index contributed by atoms with van der Waals surface area (Å²) in [5.41, 5.74) is 6.66. The van der Waals surface area contributed by atoms with Crippen molar-refractivity contribution in [3.8, 4) is 0 Å². The Balaban J connectivity index is 1.89. The Kier molecular flexibility index (Phi) is 4.95. The van der Waals surface area contributed by atoms with E-state index in [0.29, 0.717) is 12.2 Å². The van der Waals surface area contributed by atoms with Gasteiger partial charge in [-0.15, -0.1) is 0 Å². The second-order valence-corrected chi connectivity index (χ2v) is 6.52. The third kappa shape index (κ3) is 3.41. The smallest absolute Gasteiger partial charge is 0.252 e. The zero-order chi connectivity index (χ0) is 18.8. The molecule has 2 aromatic heterocycles. The Hall–Kier alpha value is -2.86. The first-order chi connectivity index (χ1) is 12.4. The Labute approximate surface area is 152 Å². The van der Waals surface area contributed by atoms with Crippen LogP contribution in [0.1, 0.15) is 29.4 Å². The monoisotopic (exact) mass is 352 g/mol. The van der Waals surface area contributed by atoms with Crippen LogP contribution >= 0.6 is 0 Å². The molecular formula is C20H24N4O2. The molecule has 1 atom stereocenters. The summed E-state index contributed by atoms with van der Waals surface area (Å²) in [5, 5.41) is 15.7. The molecule has 0 spiro atoms. The predicted octanol–water partition coefficient (Wildman–Crippen LogP) is 3.19. The number of aliphatic hydroxyl groups excluding tert-OH is 1. The highest BCUT2D eigenvalue weighted by atomic mass is 16.3. The Morgan fingerprint density at radius 2 is 1.92 bits per heavy atom. The number of fused-ring (bicyclic) bond motifs is 1. The molecule has 3 N–H and O–H groups in total. The van der Waals surface area contributed by atoms with E-state index in [2.05, 4.69) is 20.0 Å². The maximum absolute atomic E-state index is 11.9. The predicted molar refractivity (Wildman–Crippen MR) is 103 cm³/mol. The molecule has 26 heavy (non-hydrogen) atoms. The topological polar surface area (TPSA) is 78.7 Å². The van der Waals surface area contributed by atoms with Crippen molar-refractivity contribution in [1.82, 2.24) is 9.38 Å². The number of nitrogens with zero attached hydrogens (tertiary/aromatic N) is 2. The molecule has 6 nitrogen and oxygen atoms in total. The van der Waals surface area contributed by atoms with Gasteiger partial charge in [-0.1, -0.05) is 12.1 Å². The van der Waals surface area contributed by atoms with Crippen molar-refractivity contribution in [2.24, 2.45) is 0 Å². The summed E-state index contributed by atoms with van der Waals surface area (Å²) in [6.45, 7) is 8.03. The molecule has 1 aromatic carbocycles. The van der Waals surface area contributed by atoms with Gasteiger partial charge in [0.25, 0.3) is 5.91 Å². The van der Waals surface area contributed by atoms with Crippen molar-refractivity contribution >= 4 is 22.9 Å². The average molecular weight is 352 g/mol. The number of benzene rings is 1. The van der Waals surface area contributed by atoms with Crippen molar-refractivity contribution in [2.45, 2.75) is 40.3 Å². The van der Waals surface area contributed by atoms with Gasteiger partial charge in [0.05, 0.1) is 11.4 Å². The number of imidazole rings is 1. The third-order valence-corrected chi connectivity index (χ3v) is 4.63. The second-order valence-electron chi connectivity index (χ2n) is 6.52. The van der Waals surface area contributed by atoms with Crippen LogP contribution in [-0.4, -0.2) is 26.5 Å². The highest BCUT2D eigenvalue weighted by molar-refractivity contribution is 5.94. The lowest BCUT2D eigenvalue weighted by atomic mass is 10.1. The average Bonchev–Trinajstić information content (AvgIpc) is 2.89. The van der Waals surface area contributed by atoms with Crippen LogP contribution in [0.5, 0.6) is 0 Å². The normalized spacial score (nSPS) is 12.2. The Bertz CT molecular complexity index is 960. The number of aryl methyl sites for hydroxylation is 3. The molecule has 0 aliphatic heterocycles. The van der Waals surface area contributed by atoms with Gasteiger partial charge in [-0.3, -0.25) is 4.79 Å². The van der Waals surface area contributed by atoms with Gasteiger partial charge in [-0.05, 0) is 57.0 Å². The molecule has 0 fully saturated rings. The molecule has 136 valence electrons. The first kappa shape index (κ1) is 17.9. The van der Waals surface area contributed by atoms with E-state index in [4.69, 9.17) is 0 Å². The van der Waals surface area contributed by atoms with Gasteiger partial charge in [0.15, 0.2) is 5.65 Å². The fourth-order valence-corrected chi connectivity index (χ4v) is 2.91. The summed E-state index contributed by atoms with van der Waals surface area (Å²) in [6.07, 6.45) is 0.943. The number of hydrogen-bond acceptors (Lipinski definition) is 4. The number of nitrogens with one attached hydrogen (secondary N) is 2. The molecule has 0 saturated heterocycles. The fraction of sp³-hybridized carbons (Fsp3) is 0.300. The van der Waals surface area contributed by atoms with Crippen LogP contribution in [0.3, 0.4) is 0 Å². The van der Waals surface area contributed by atoms with Crippen LogP contribution in [0.2, 0.25) is 0 Å². The van der Waals surface area contributed by atoms with Gasteiger partial charge < -0.3 is 20.1 Å². The van der Waals surface area contributed by atoms with E-state index in [1.807, 2.05) is 57.3 Å². The lowest BCUT2D eigenvalue weighted by Crippen LogP contribution is -2.25. The number of aromatic nitrogens is 2. The number of aliphatic hydroxyl groups is 1. The SMILES string of the molecule is Cc1cccc(NC(=O)[C@@H](C)O)c1CNc1cccn2c(C)c(C)nc12. The molecular weight excluding hydrogens is 328 g/mol. The quantitative estimate of drug-likeness (QED) is 0.659. The molecule has 1 amide bonds. The molecule has 0 unspecified atom stereocenters. The van der Waals surface area contributed by atoms with E-state index in [9.17, 15) is 9.90 Å². The van der Waals surface area contributed by atoms with Crippen molar-refractivity contribution < 1.29 is 9.90 Å². The second kappa shape index (κ2) is 7.17. The fourth-order valence-electron chi connectivity index (χ4n) is 2.91. The number of anilines is 2. The van der Waals surface area contributed by atoms with Crippen LogP contribution in [-0.2, 0) is 11.3 Å². The standard InChI is InChI=1S/C20H24N4O2/c1-12-7-5-8-17(23-20(26)15(4)25)16(12)11-21-18-9-6-10-24-14(3)13(2)22-19(18)24/h5-10,15,21,25H,11H2,1-4H3,(H,23,26)/t15-/m1/s1. The molecule has 0 aliphatic carbocycles. The summed E-state index contributed by atoms with van der Waals surface area (Å²) >= 11 is 0. The highest BCUT2D eigenvalue weighted by Crippen LogP contribution is 2.24. The van der Waals surface area contributed by atoms with Crippen molar-refractivity contribution in [2.75, 3.05) is 10.6 Å². The van der Waals surface area contributed by atoms with E-state index in [1.54, 1.807) is 0 Å².